The largest absolute Gasteiger partial charge is 0.351 e. The molecule has 0 aromatic heterocycles. The predicted octanol–water partition coefficient (Wildman–Crippen LogP) is 3.84. The van der Waals surface area contributed by atoms with Crippen molar-refractivity contribution in [2.24, 2.45) is 0 Å². The maximum Gasteiger partial charge on any atom is 0.254 e. The number of carbonyl (C=O) groups excluding carboxylic acids is 1. The molecule has 2 rings (SSSR count). The van der Waals surface area contributed by atoms with Gasteiger partial charge in [0.15, 0.2) is 0 Å². The van der Waals surface area contributed by atoms with Gasteiger partial charge >= 0.3 is 0 Å². The van der Waals surface area contributed by atoms with Crippen LogP contribution in [-0.4, -0.2) is 12.5 Å². The van der Waals surface area contributed by atoms with Crippen molar-refractivity contribution < 1.29 is 9.18 Å². The molecule has 1 N–H and O–H groups in total. The van der Waals surface area contributed by atoms with Gasteiger partial charge in [-0.2, -0.15) is 0 Å². The van der Waals surface area contributed by atoms with E-state index in [0.717, 1.165) is 11.1 Å². The minimum atomic E-state index is -0.481. The average Bonchev–Trinajstić information content (AvgIpc) is 2.46. The van der Waals surface area contributed by atoms with Gasteiger partial charge in [0.1, 0.15) is 5.82 Å². The van der Waals surface area contributed by atoms with Crippen molar-refractivity contribution in [3.63, 3.8) is 0 Å². The van der Waals surface area contributed by atoms with Crippen LogP contribution in [0.5, 0.6) is 0 Å². The van der Waals surface area contributed by atoms with Crippen LogP contribution in [0.2, 0.25) is 0 Å². The fourth-order valence-electron chi connectivity index (χ4n) is 2.19. The molecule has 0 atom stereocenters. The first-order chi connectivity index (χ1) is 9.90. The topological polar surface area (TPSA) is 29.1 Å². The second-order valence-corrected chi connectivity index (χ2v) is 5.92. The lowest BCUT2D eigenvalue weighted by Gasteiger charge is -2.25. The van der Waals surface area contributed by atoms with Gasteiger partial charge in [-0.05, 0) is 30.2 Å². The molecule has 1 amide bonds. The van der Waals surface area contributed by atoms with Crippen LogP contribution < -0.4 is 5.32 Å². The molecule has 0 spiro atoms. The molecule has 3 heteroatoms. The highest BCUT2D eigenvalue weighted by Gasteiger charge is 2.22. The fourth-order valence-corrected chi connectivity index (χ4v) is 2.19. The number of carbonyl (C=O) groups is 1. The molecule has 0 unspecified atom stereocenters. The van der Waals surface area contributed by atoms with Gasteiger partial charge in [-0.25, -0.2) is 4.39 Å². The van der Waals surface area contributed by atoms with Crippen molar-refractivity contribution in [2.75, 3.05) is 6.54 Å². The van der Waals surface area contributed by atoms with Gasteiger partial charge in [0.2, 0.25) is 0 Å². The third-order valence-corrected chi connectivity index (χ3v) is 3.62. The molecule has 0 radical (unpaired) electrons. The third kappa shape index (κ3) is 3.69. The quantitative estimate of drug-likeness (QED) is 0.908. The third-order valence-electron chi connectivity index (χ3n) is 3.62. The van der Waals surface area contributed by atoms with Crippen LogP contribution in [0.25, 0.3) is 0 Å². The Labute approximate surface area is 125 Å². The zero-order valence-electron chi connectivity index (χ0n) is 12.6. The molecule has 2 nitrogen and oxygen atoms in total. The molecule has 110 valence electrons. The highest BCUT2D eigenvalue weighted by Crippen LogP contribution is 2.22. The van der Waals surface area contributed by atoms with Gasteiger partial charge < -0.3 is 5.32 Å². The molecule has 2 aromatic rings. The maximum atomic E-state index is 13.8. The lowest BCUT2D eigenvalue weighted by atomic mass is 9.84. The predicted molar refractivity (Wildman–Crippen MR) is 82.9 cm³/mol. The fraction of sp³-hybridized carbons (Fsp3) is 0.278. The van der Waals surface area contributed by atoms with Crippen LogP contribution in [0.4, 0.5) is 4.39 Å². The Kier molecular flexibility index (Phi) is 4.41. The molecular formula is C18H20FNO. The van der Waals surface area contributed by atoms with Crippen molar-refractivity contribution >= 4 is 5.91 Å². The molecule has 0 fully saturated rings. The lowest BCUT2D eigenvalue weighted by molar-refractivity contribution is 0.0941. The first-order valence-electron chi connectivity index (χ1n) is 7.00. The highest BCUT2D eigenvalue weighted by molar-refractivity contribution is 5.94. The second-order valence-electron chi connectivity index (χ2n) is 5.92. The molecule has 21 heavy (non-hydrogen) atoms. The summed E-state index contributed by atoms with van der Waals surface area (Å²) in [6.45, 7) is 6.34. The molecule has 0 saturated heterocycles. The van der Waals surface area contributed by atoms with Gasteiger partial charge in [-0.15, -0.1) is 0 Å². The minimum Gasteiger partial charge on any atom is -0.351 e. The Morgan fingerprint density at radius 2 is 1.81 bits per heavy atom. The summed E-state index contributed by atoms with van der Waals surface area (Å²) in [5, 5.41) is 2.82. The Bertz CT molecular complexity index is 635. The van der Waals surface area contributed by atoms with E-state index < -0.39 is 5.82 Å². The normalized spacial score (nSPS) is 11.2. The average molecular weight is 285 g/mol. The summed E-state index contributed by atoms with van der Waals surface area (Å²) in [7, 11) is 0. The maximum absolute atomic E-state index is 13.8. The zero-order chi connectivity index (χ0) is 15.5. The summed E-state index contributed by atoms with van der Waals surface area (Å²) >= 11 is 0. The number of hydrogen-bond acceptors (Lipinski definition) is 1. The van der Waals surface area contributed by atoms with Crippen LogP contribution in [0.3, 0.4) is 0 Å². The monoisotopic (exact) mass is 285 g/mol. The SMILES string of the molecule is Cc1ccc(C(=O)NCC(C)(C)c2ccccc2)c(F)c1. The first-order valence-corrected chi connectivity index (χ1v) is 7.00. The number of hydrogen-bond donors (Lipinski definition) is 1. The molecule has 0 aliphatic heterocycles. The Morgan fingerprint density at radius 1 is 1.14 bits per heavy atom. The van der Waals surface area contributed by atoms with Crippen LogP contribution in [-0.2, 0) is 5.41 Å². The number of halogens is 1. The van der Waals surface area contributed by atoms with Crippen molar-refractivity contribution in [3.8, 4) is 0 Å². The Balaban J connectivity index is 2.07. The van der Waals surface area contributed by atoms with Crippen molar-refractivity contribution in [2.45, 2.75) is 26.2 Å². The number of benzene rings is 2. The van der Waals surface area contributed by atoms with Crippen molar-refractivity contribution in [1.82, 2.24) is 5.32 Å². The van der Waals surface area contributed by atoms with Crippen molar-refractivity contribution in [3.05, 3.63) is 71.0 Å². The van der Waals surface area contributed by atoms with E-state index in [1.54, 1.807) is 13.0 Å². The van der Waals surface area contributed by atoms with Crippen LogP contribution in [0, 0.1) is 12.7 Å². The molecule has 0 saturated carbocycles. The standard InChI is InChI=1S/C18H20FNO/c1-13-9-10-15(16(19)11-13)17(21)20-12-18(2,3)14-7-5-4-6-8-14/h4-11H,12H2,1-3H3,(H,20,21). The van der Waals surface area contributed by atoms with Crippen LogP contribution in [0.15, 0.2) is 48.5 Å². The van der Waals surface area contributed by atoms with E-state index >= 15 is 0 Å². The summed E-state index contributed by atoms with van der Waals surface area (Å²) < 4.78 is 13.8. The molecule has 2 aromatic carbocycles. The number of amides is 1. The summed E-state index contributed by atoms with van der Waals surface area (Å²) in [6.07, 6.45) is 0. The summed E-state index contributed by atoms with van der Waals surface area (Å²) in [5.41, 5.74) is 1.81. The summed E-state index contributed by atoms with van der Waals surface area (Å²) in [5.74, 6) is -0.860. The molecule has 0 aliphatic carbocycles. The Hall–Kier alpha value is -2.16. The van der Waals surface area contributed by atoms with Crippen LogP contribution >= 0.6 is 0 Å². The van der Waals surface area contributed by atoms with E-state index in [2.05, 4.69) is 5.32 Å². The van der Waals surface area contributed by atoms with E-state index in [1.807, 2.05) is 44.2 Å². The van der Waals surface area contributed by atoms with Gasteiger partial charge in [0, 0.05) is 12.0 Å². The molecular weight excluding hydrogens is 265 g/mol. The van der Waals surface area contributed by atoms with Crippen molar-refractivity contribution in [1.29, 1.82) is 0 Å². The van der Waals surface area contributed by atoms with E-state index in [0.29, 0.717) is 6.54 Å². The number of nitrogens with one attached hydrogen (secondary N) is 1. The molecule has 0 bridgehead atoms. The van der Waals surface area contributed by atoms with Gasteiger partial charge in [0.25, 0.3) is 5.91 Å². The molecule has 0 aliphatic rings. The summed E-state index contributed by atoms with van der Waals surface area (Å²) in [4.78, 5) is 12.1. The van der Waals surface area contributed by atoms with E-state index in [1.165, 1.54) is 12.1 Å². The highest BCUT2D eigenvalue weighted by atomic mass is 19.1. The van der Waals surface area contributed by atoms with Gasteiger partial charge in [-0.3, -0.25) is 4.79 Å². The first kappa shape index (κ1) is 15.2. The second kappa shape index (κ2) is 6.08. The lowest BCUT2D eigenvalue weighted by Crippen LogP contribution is -2.37. The smallest absolute Gasteiger partial charge is 0.254 e. The summed E-state index contributed by atoms with van der Waals surface area (Å²) in [6, 6.07) is 14.6. The van der Waals surface area contributed by atoms with Gasteiger partial charge in [0.05, 0.1) is 5.56 Å². The number of rotatable bonds is 4. The molecule has 0 heterocycles. The zero-order valence-corrected chi connectivity index (χ0v) is 12.6. The van der Waals surface area contributed by atoms with E-state index in [4.69, 9.17) is 0 Å². The Morgan fingerprint density at radius 3 is 2.43 bits per heavy atom. The van der Waals surface area contributed by atoms with E-state index in [-0.39, 0.29) is 16.9 Å². The van der Waals surface area contributed by atoms with E-state index in [9.17, 15) is 9.18 Å². The number of aryl methyl sites for hydroxylation is 1. The van der Waals surface area contributed by atoms with Crippen LogP contribution in [0.1, 0.15) is 35.3 Å². The van der Waals surface area contributed by atoms with Gasteiger partial charge in [-0.1, -0.05) is 50.2 Å². The minimum absolute atomic E-state index is 0.0875.